The number of aromatic nitrogens is 4. The third-order valence-corrected chi connectivity index (χ3v) is 3.89. The van der Waals surface area contributed by atoms with Crippen molar-refractivity contribution in [1.29, 1.82) is 0 Å². The van der Waals surface area contributed by atoms with Crippen molar-refractivity contribution in [3.63, 3.8) is 0 Å². The van der Waals surface area contributed by atoms with Crippen LogP contribution in [0.1, 0.15) is 28.7 Å². The molecule has 0 fully saturated rings. The third-order valence-electron chi connectivity index (χ3n) is 3.89. The van der Waals surface area contributed by atoms with Gasteiger partial charge in [-0.15, -0.1) is 0 Å². The Labute approximate surface area is 140 Å². The van der Waals surface area contributed by atoms with Crippen LogP contribution < -0.4 is 5.32 Å². The molecule has 0 unspecified atom stereocenters. The molecule has 2 N–H and O–H groups in total. The molecule has 6 nitrogen and oxygen atoms in total. The molecule has 124 valence electrons. The van der Waals surface area contributed by atoms with E-state index in [1.165, 1.54) is 0 Å². The fourth-order valence-corrected chi connectivity index (χ4v) is 2.69. The quantitative estimate of drug-likeness (QED) is 0.758. The Hall–Kier alpha value is -2.89. The van der Waals surface area contributed by atoms with Crippen LogP contribution in [0.15, 0.2) is 42.6 Å². The number of H-pyrrole nitrogens is 1. The van der Waals surface area contributed by atoms with Crippen molar-refractivity contribution in [1.82, 2.24) is 25.3 Å². The topological polar surface area (TPSA) is 75.6 Å². The minimum Gasteiger partial charge on any atom is -0.348 e. The highest BCUT2D eigenvalue weighted by molar-refractivity contribution is 5.94. The van der Waals surface area contributed by atoms with Crippen molar-refractivity contribution in [2.45, 2.75) is 33.4 Å². The number of aryl methyl sites for hydroxylation is 2. The Balaban J connectivity index is 1.63. The summed E-state index contributed by atoms with van der Waals surface area (Å²) in [7, 11) is 0. The number of aromatic amines is 1. The van der Waals surface area contributed by atoms with E-state index in [2.05, 4.69) is 20.6 Å². The number of hydrogen-bond acceptors (Lipinski definition) is 3. The SMILES string of the molecule is Cc1cc(C)n(C[C@@H](C)NC(=O)c2ccc(-c3ccn[nH]3)cc2)n1. The van der Waals surface area contributed by atoms with Gasteiger partial charge >= 0.3 is 0 Å². The molecule has 24 heavy (non-hydrogen) atoms. The number of carbonyl (C=O) groups excluding carboxylic acids is 1. The van der Waals surface area contributed by atoms with Gasteiger partial charge in [0.2, 0.25) is 0 Å². The van der Waals surface area contributed by atoms with Gasteiger partial charge in [-0.3, -0.25) is 14.6 Å². The van der Waals surface area contributed by atoms with E-state index >= 15 is 0 Å². The smallest absolute Gasteiger partial charge is 0.251 e. The Bertz CT molecular complexity index is 818. The maximum atomic E-state index is 12.4. The monoisotopic (exact) mass is 323 g/mol. The molecule has 3 aromatic rings. The first-order chi connectivity index (χ1) is 11.5. The van der Waals surface area contributed by atoms with Crippen LogP contribution in [0.4, 0.5) is 0 Å². The molecule has 1 amide bonds. The lowest BCUT2D eigenvalue weighted by molar-refractivity contribution is 0.0936. The number of amides is 1. The Morgan fingerprint density at radius 3 is 2.58 bits per heavy atom. The van der Waals surface area contributed by atoms with Gasteiger partial charge < -0.3 is 5.32 Å². The van der Waals surface area contributed by atoms with Crippen LogP contribution >= 0.6 is 0 Å². The summed E-state index contributed by atoms with van der Waals surface area (Å²) in [5, 5.41) is 14.3. The molecule has 0 saturated heterocycles. The minimum atomic E-state index is -0.0832. The predicted molar refractivity (Wildman–Crippen MR) is 92.7 cm³/mol. The van der Waals surface area contributed by atoms with E-state index in [1.54, 1.807) is 6.20 Å². The maximum absolute atomic E-state index is 12.4. The maximum Gasteiger partial charge on any atom is 0.251 e. The lowest BCUT2D eigenvalue weighted by atomic mass is 10.1. The zero-order valence-electron chi connectivity index (χ0n) is 14.1. The summed E-state index contributed by atoms with van der Waals surface area (Å²) in [6.45, 7) is 6.61. The van der Waals surface area contributed by atoms with E-state index in [-0.39, 0.29) is 11.9 Å². The molecule has 0 bridgehead atoms. The minimum absolute atomic E-state index is 0.0113. The molecule has 0 aliphatic heterocycles. The highest BCUT2D eigenvalue weighted by atomic mass is 16.1. The van der Waals surface area contributed by atoms with E-state index < -0.39 is 0 Å². The molecular formula is C18H21N5O. The first kappa shape index (κ1) is 16.0. The number of hydrogen-bond donors (Lipinski definition) is 2. The zero-order chi connectivity index (χ0) is 17.1. The van der Waals surface area contributed by atoms with Gasteiger partial charge in [0, 0.05) is 23.5 Å². The van der Waals surface area contributed by atoms with Crippen LogP contribution in [0.25, 0.3) is 11.3 Å². The van der Waals surface area contributed by atoms with Gasteiger partial charge in [0.15, 0.2) is 0 Å². The second-order valence-corrected chi connectivity index (χ2v) is 6.03. The molecule has 2 heterocycles. The van der Waals surface area contributed by atoms with Crippen LogP contribution in [0.2, 0.25) is 0 Å². The van der Waals surface area contributed by atoms with Gasteiger partial charge in [0.05, 0.1) is 17.9 Å². The highest BCUT2D eigenvalue weighted by Crippen LogP contribution is 2.16. The summed E-state index contributed by atoms with van der Waals surface area (Å²) >= 11 is 0. The molecule has 0 radical (unpaired) electrons. The first-order valence-corrected chi connectivity index (χ1v) is 7.94. The fraction of sp³-hybridized carbons (Fsp3) is 0.278. The molecule has 0 aliphatic carbocycles. The second kappa shape index (κ2) is 6.70. The average Bonchev–Trinajstić information content (AvgIpc) is 3.18. The van der Waals surface area contributed by atoms with E-state index in [4.69, 9.17) is 0 Å². The van der Waals surface area contributed by atoms with Crippen molar-refractivity contribution in [2.24, 2.45) is 0 Å². The van der Waals surface area contributed by atoms with Crippen molar-refractivity contribution in [3.05, 3.63) is 59.5 Å². The molecular weight excluding hydrogens is 302 g/mol. The average molecular weight is 323 g/mol. The van der Waals surface area contributed by atoms with Crippen LogP contribution in [0, 0.1) is 13.8 Å². The van der Waals surface area contributed by atoms with Gasteiger partial charge in [-0.05, 0) is 50.6 Å². The van der Waals surface area contributed by atoms with Crippen molar-refractivity contribution >= 4 is 5.91 Å². The lowest BCUT2D eigenvalue weighted by Crippen LogP contribution is -2.36. The van der Waals surface area contributed by atoms with Crippen LogP contribution in [0.5, 0.6) is 0 Å². The molecule has 2 aromatic heterocycles. The van der Waals surface area contributed by atoms with Crippen LogP contribution in [0.3, 0.4) is 0 Å². The van der Waals surface area contributed by atoms with E-state index in [9.17, 15) is 4.79 Å². The Morgan fingerprint density at radius 2 is 2.00 bits per heavy atom. The molecule has 1 aromatic carbocycles. The van der Waals surface area contributed by atoms with Gasteiger partial charge in [0.1, 0.15) is 0 Å². The van der Waals surface area contributed by atoms with E-state index in [0.29, 0.717) is 12.1 Å². The molecule has 0 aliphatic rings. The standard InChI is InChI=1S/C18H21N5O/c1-12-10-14(3)23(22-12)11-13(2)20-18(24)16-6-4-15(5-7-16)17-8-9-19-21-17/h4-10,13H,11H2,1-3H3,(H,19,21)(H,20,24)/t13-/m1/s1. The normalized spacial score (nSPS) is 12.1. The summed E-state index contributed by atoms with van der Waals surface area (Å²) in [6.07, 6.45) is 1.70. The van der Waals surface area contributed by atoms with Gasteiger partial charge in [-0.1, -0.05) is 12.1 Å². The van der Waals surface area contributed by atoms with E-state index in [0.717, 1.165) is 22.6 Å². The number of rotatable bonds is 5. The molecule has 0 saturated carbocycles. The van der Waals surface area contributed by atoms with Gasteiger partial charge in [0.25, 0.3) is 5.91 Å². The summed E-state index contributed by atoms with van der Waals surface area (Å²) in [6, 6.07) is 11.4. The van der Waals surface area contributed by atoms with Crippen molar-refractivity contribution < 1.29 is 4.79 Å². The summed E-state index contributed by atoms with van der Waals surface area (Å²) in [4.78, 5) is 12.4. The summed E-state index contributed by atoms with van der Waals surface area (Å²) < 4.78 is 1.92. The Morgan fingerprint density at radius 1 is 1.25 bits per heavy atom. The second-order valence-electron chi connectivity index (χ2n) is 6.03. The largest absolute Gasteiger partial charge is 0.348 e. The van der Waals surface area contributed by atoms with E-state index in [1.807, 2.05) is 61.9 Å². The lowest BCUT2D eigenvalue weighted by Gasteiger charge is -2.15. The predicted octanol–water partition coefficient (Wildman–Crippen LogP) is 2.71. The molecule has 6 heteroatoms. The fourth-order valence-electron chi connectivity index (χ4n) is 2.69. The van der Waals surface area contributed by atoms with Gasteiger partial charge in [-0.25, -0.2) is 0 Å². The number of benzene rings is 1. The first-order valence-electron chi connectivity index (χ1n) is 7.94. The molecule has 0 spiro atoms. The summed E-state index contributed by atoms with van der Waals surface area (Å²) in [5.41, 5.74) is 4.65. The number of nitrogens with one attached hydrogen (secondary N) is 2. The number of carbonyl (C=O) groups is 1. The Kier molecular flexibility index (Phi) is 4.46. The molecule has 1 atom stereocenters. The van der Waals surface area contributed by atoms with Crippen molar-refractivity contribution in [2.75, 3.05) is 0 Å². The summed E-state index contributed by atoms with van der Waals surface area (Å²) in [5.74, 6) is -0.0832. The van der Waals surface area contributed by atoms with Crippen LogP contribution in [-0.2, 0) is 6.54 Å². The molecule has 3 rings (SSSR count). The van der Waals surface area contributed by atoms with Gasteiger partial charge in [-0.2, -0.15) is 10.2 Å². The zero-order valence-corrected chi connectivity index (χ0v) is 14.1. The van der Waals surface area contributed by atoms with Crippen molar-refractivity contribution in [3.8, 4) is 11.3 Å². The van der Waals surface area contributed by atoms with Crippen LogP contribution in [-0.4, -0.2) is 31.9 Å². The highest BCUT2D eigenvalue weighted by Gasteiger charge is 2.12. The third kappa shape index (κ3) is 3.53. The number of nitrogens with zero attached hydrogens (tertiary/aromatic N) is 3.